The topological polar surface area (TPSA) is 0 Å². The van der Waals surface area contributed by atoms with Crippen LogP contribution in [0.1, 0.15) is 51.5 Å². The molecule has 2 rings (SSSR count). The molecule has 1 aromatic carbocycles. The van der Waals surface area contributed by atoms with E-state index in [1.54, 1.807) is 0 Å². The molecule has 0 bridgehead atoms. The maximum absolute atomic E-state index is 4.13. The van der Waals surface area contributed by atoms with E-state index in [4.69, 9.17) is 0 Å². The molecule has 0 aromatic heterocycles. The van der Waals surface area contributed by atoms with Gasteiger partial charge in [0.1, 0.15) is 0 Å². The van der Waals surface area contributed by atoms with Gasteiger partial charge in [0.15, 0.2) is 0 Å². The van der Waals surface area contributed by atoms with E-state index >= 15 is 0 Å². The van der Waals surface area contributed by atoms with E-state index in [-0.39, 0.29) is 7.43 Å². The lowest BCUT2D eigenvalue weighted by Crippen LogP contribution is -1.85. The summed E-state index contributed by atoms with van der Waals surface area (Å²) in [5.74, 6) is 0. The summed E-state index contributed by atoms with van der Waals surface area (Å²) in [6.07, 6.45) is 9.00. The lowest BCUT2D eigenvalue weighted by molar-refractivity contribution is 0.504. The lowest BCUT2D eigenvalue weighted by atomic mass is 10.0. The van der Waals surface area contributed by atoms with Crippen molar-refractivity contribution in [2.24, 2.45) is 0 Å². The fraction of sp³-hybridized carbons (Fsp3) is 0.571. The Morgan fingerprint density at radius 2 is 1.13 bits per heavy atom. The number of thiol groups is 1. The highest BCUT2D eigenvalue weighted by Crippen LogP contribution is 2.15. The second-order valence-electron chi connectivity index (χ2n) is 3.96. The summed E-state index contributed by atoms with van der Waals surface area (Å²) >= 11 is 4.13. The molecule has 0 spiro atoms. The summed E-state index contributed by atoms with van der Waals surface area (Å²) in [5, 5.41) is 0. The van der Waals surface area contributed by atoms with Crippen LogP contribution in [0.3, 0.4) is 0 Å². The summed E-state index contributed by atoms with van der Waals surface area (Å²) in [6, 6.07) is 8.06. The molecule has 0 nitrogen and oxygen atoms in total. The largest absolute Gasteiger partial charge is 0.143 e. The number of rotatable bonds is 0. The third-order valence-electron chi connectivity index (χ3n) is 2.53. The van der Waals surface area contributed by atoms with E-state index < -0.39 is 0 Å². The first-order chi connectivity index (χ1) is 6.79. The molecule has 1 aliphatic carbocycles. The minimum Gasteiger partial charge on any atom is -0.143 e. The molecule has 0 heterocycles. The van der Waals surface area contributed by atoms with Crippen LogP contribution in [0.5, 0.6) is 0 Å². The summed E-state index contributed by atoms with van der Waals surface area (Å²) in [7, 11) is 0. The standard InChI is InChI=1S/C7H8S.C6H12.CH4/c1-6-2-4-7(8)5-3-6;1-2-4-6-5-3-1;/h2-5,8H,1H3;1-6H2;1H4. The summed E-state index contributed by atoms with van der Waals surface area (Å²) in [5.41, 5.74) is 1.28. The summed E-state index contributed by atoms with van der Waals surface area (Å²) in [6.45, 7) is 2.06. The first-order valence-electron chi connectivity index (χ1n) is 5.54. The molecular formula is C14H24S. The number of hydrogen-bond donors (Lipinski definition) is 1. The molecule has 0 radical (unpaired) electrons. The van der Waals surface area contributed by atoms with Gasteiger partial charge < -0.3 is 0 Å². The summed E-state index contributed by atoms with van der Waals surface area (Å²) in [4.78, 5) is 1.02. The second kappa shape index (κ2) is 8.84. The number of hydrogen-bond acceptors (Lipinski definition) is 1. The van der Waals surface area contributed by atoms with Gasteiger partial charge in [-0.25, -0.2) is 0 Å². The first-order valence-corrected chi connectivity index (χ1v) is 5.99. The minimum absolute atomic E-state index is 0. The van der Waals surface area contributed by atoms with Crippen LogP contribution in [0.15, 0.2) is 29.2 Å². The Morgan fingerprint density at radius 3 is 1.40 bits per heavy atom. The van der Waals surface area contributed by atoms with Crippen LogP contribution in [0.25, 0.3) is 0 Å². The van der Waals surface area contributed by atoms with Crippen molar-refractivity contribution in [3.05, 3.63) is 29.8 Å². The van der Waals surface area contributed by atoms with Crippen molar-refractivity contribution in [1.29, 1.82) is 0 Å². The molecule has 1 aromatic rings. The Morgan fingerprint density at radius 1 is 0.800 bits per heavy atom. The fourth-order valence-electron chi connectivity index (χ4n) is 1.61. The number of aryl methyl sites for hydroxylation is 1. The van der Waals surface area contributed by atoms with Gasteiger partial charge in [-0.3, -0.25) is 0 Å². The summed E-state index contributed by atoms with van der Waals surface area (Å²) < 4.78 is 0. The Balaban J connectivity index is 0.000000253. The second-order valence-corrected chi connectivity index (χ2v) is 4.47. The highest BCUT2D eigenvalue weighted by Gasteiger charge is 1.95. The van der Waals surface area contributed by atoms with Crippen LogP contribution in [0.4, 0.5) is 0 Å². The molecule has 86 valence electrons. The maximum atomic E-state index is 4.13. The number of benzene rings is 1. The van der Waals surface area contributed by atoms with Crippen molar-refractivity contribution >= 4 is 12.6 Å². The Kier molecular flexibility index (Phi) is 8.59. The minimum atomic E-state index is 0. The van der Waals surface area contributed by atoms with Crippen molar-refractivity contribution in [2.75, 3.05) is 0 Å². The van der Waals surface area contributed by atoms with E-state index in [0.717, 1.165) is 4.90 Å². The van der Waals surface area contributed by atoms with Gasteiger partial charge in [0.25, 0.3) is 0 Å². The van der Waals surface area contributed by atoms with Crippen LogP contribution >= 0.6 is 12.6 Å². The van der Waals surface area contributed by atoms with E-state index in [1.165, 1.54) is 44.1 Å². The van der Waals surface area contributed by atoms with Crippen LogP contribution < -0.4 is 0 Å². The molecule has 0 aliphatic heterocycles. The van der Waals surface area contributed by atoms with Crippen molar-refractivity contribution in [3.63, 3.8) is 0 Å². The predicted molar refractivity (Wildman–Crippen MR) is 72.9 cm³/mol. The third-order valence-corrected chi connectivity index (χ3v) is 2.83. The molecule has 1 heteroatoms. The Hall–Kier alpha value is -0.430. The zero-order chi connectivity index (χ0) is 10.2. The lowest BCUT2D eigenvalue weighted by Gasteiger charge is -2.05. The van der Waals surface area contributed by atoms with Crippen LogP contribution in [-0.2, 0) is 0 Å². The SMILES string of the molecule is C.C1CCCCC1.Cc1ccc(S)cc1. The van der Waals surface area contributed by atoms with Crippen LogP contribution in [0, 0.1) is 6.92 Å². The van der Waals surface area contributed by atoms with Crippen molar-refractivity contribution in [1.82, 2.24) is 0 Å². The van der Waals surface area contributed by atoms with Gasteiger partial charge in [-0.05, 0) is 19.1 Å². The van der Waals surface area contributed by atoms with E-state index in [1.807, 2.05) is 24.3 Å². The van der Waals surface area contributed by atoms with Crippen LogP contribution in [0.2, 0.25) is 0 Å². The fourth-order valence-corrected chi connectivity index (χ4v) is 1.75. The average molecular weight is 224 g/mol. The van der Waals surface area contributed by atoms with Gasteiger partial charge in [-0.15, -0.1) is 12.6 Å². The van der Waals surface area contributed by atoms with Crippen molar-refractivity contribution in [3.8, 4) is 0 Å². The maximum Gasteiger partial charge on any atom is 0.00401 e. The van der Waals surface area contributed by atoms with Crippen molar-refractivity contribution in [2.45, 2.75) is 57.8 Å². The van der Waals surface area contributed by atoms with Crippen molar-refractivity contribution < 1.29 is 0 Å². The highest BCUT2D eigenvalue weighted by molar-refractivity contribution is 7.80. The molecular weight excluding hydrogens is 200 g/mol. The predicted octanol–water partition coefficient (Wildman–Crippen LogP) is 5.26. The smallest absolute Gasteiger partial charge is 0.00401 e. The molecule has 15 heavy (non-hydrogen) atoms. The normalized spacial score (nSPS) is 14.5. The van der Waals surface area contributed by atoms with Gasteiger partial charge in [0.05, 0.1) is 0 Å². The highest BCUT2D eigenvalue weighted by atomic mass is 32.1. The molecule has 1 fully saturated rings. The Bertz CT molecular complexity index is 202. The van der Waals surface area contributed by atoms with Gasteiger partial charge in [-0.1, -0.05) is 63.6 Å². The molecule has 0 amide bonds. The molecule has 1 aliphatic rings. The van der Waals surface area contributed by atoms with Gasteiger partial charge in [0.2, 0.25) is 0 Å². The zero-order valence-corrected chi connectivity index (χ0v) is 9.89. The average Bonchev–Trinajstić information content (AvgIpc) is 2.26. The van der Waals surface area contributed by atoms with E-state index in [9.17, 15) is 0 Å². The van der Waals surface area contributed by atoms with Crippen LogP contribution in [-0.4, -0.2) is 0 Å². The van der Waals surface area contributed by atoms with E-state index in [2.05, 4.69) is 19.6 Å². The monoisotopic (exact) mass is 224 g/mol. The van der Waals surface area contributed by atoms with Gasteiger partial charge >= 0.3 is 0 Å². The molecule has 1 saturated carbocycles. The molecule has 0 unspecified atom stereocenters. The first kappa shape index (κ1) is 14.6. The van der Waals surface area contributed by atoms with E-state index in [0.29, 0.717) is 0 Å². The zero-order valence-electron chi connectivity index (χ0n) is 9.00. The van der Waals surface area contributed by atoms with Gasteiger partial charge in [-0.2, -0.15) is 0 Å². The molecule has 0 saturated heterocycles. The Labute approximate surface area is 101 Å². The molecule has 0 atom stereocenters. The quantitative estimate of drug-likeness (QED) is 0.571. The molecule has 0 N–H and O–H groups in total. The van der Waals surface area contributed by atoms with Gasteiger partial charge in [0, 0.05) is 4.90 Å². The third kappa shape index (κ3) is 7.49.